The molecule has 0 bridgehead atoms. The second-order valence-corrected chi connectivity index (χ2v) is 5.38. The maximum atomic E-state index is 5.93. The van der Waals surface area contributed by atoms with Gasteiger partial charge in [0.1, 0.15) is 0 Å². The van der Waals surface area contributed by atoms with Crippen molar-refractivity contribution >= 4 is 5.88 Å². The molecule has 4 aromatic rings. The van der Waals surface area contributed by atoms with Crippen LogP contribution in [0.3, 0.4) is 0 Å². The van der Waals surface area contributed by atoms with Crippen molar-refractivity contribution in [1.82, 2.24) is 15.2 Å². The molecule has 4 rings (SSSR count). The number of benzene rings is 2. The highest BCUT2D eigenvalue weighted by Crippen LogP contribution is 2.31. The predicted octanol–water partition coefficient (Wildman–Crippen LogP) is 3.95. The first-order chi connectivity index (χ1) is 11.7. The van der Waals surface area contributed by atoms with Gasteiger partial charge < -0.3 is 14.6 Å². The summed E-state index contributed by atoms with van der Waals surface area (Å²) in [6.45, 7) is 2.02. The smallest absolute Gasteiger partial charge is 0.272 e. The maximum absolute atomic E-state index is 5.93. The van der Waals surface area contributed by atoms with Crippen LogP contribution in [0.2, 0.25) is 0 Å². The van der Waals surface area contributed by atoms with Crippen LogP contribution in [0, 0.1) is 6.92 Å². The highest BCUT2D eigenvalue weighted by molar-refractivity contribution is 5.67. The van der Waals surface area contributed by atoms with Crippen LogP contribution in [-0.4, -0.2) is 15.2 Å². The van der Waals surface area contributed by atoms with E-state index in [1.54, 1.807) is 0 Å². The fourth-order valence-electron chi connectivity index (χ4n) is 2.32. The Morgan fingerprint density at radius 1 is 0.750 bits per heavy atom. The van der Waals surface area contributed by atoms with Gasteiger partial charge in [0.15, 0.2) is 5.69 Å². The lowest BCUT2D eigenvalue weighted by atomic mass is 10.1. The van der Waals surface area contributed by atoms with Crippen LogP contribution in [0.25, 0.3) is 34.5 Å². The number of hydrogen-bond acceptors (Lipinski definition) is 6. The average Bonchev–Trinajstić information content (AvgIpc) is 3.23. The summed E-state index contributed by atoms with van der Waals surface area (Å²) in [5, 5.41) is 8.07. The van der Waals surface area contributed by atoms with Gasteiger partial charge in [-0.05, 0) is 31.2 Å². The van der Waals surface area contributed by atoms with Gasteiger partial charge in [0.05, 0.1) is 0 Å². The Balaban J connectivity index is 1.70. The molecule has 118 valence electrons. The number of hydrogen-bond donors (Lipinski definition) is 1. The summed E-state index contributed by atoms with van der Waals surface area (Å²) in [7, 11) is 0. The normalized spacial score (nSPS) is 10.9. The Labute approximate surface area is 138 Å². The summed E-state index contributed by atoms with van der Waals surface area (Å²) in [5.74, 6) is 1.20. The molecule has 0 aliphatic heterocycles. The number of nitrogen functional groups attached to an aromatic ring is 1. The zero-order valence-electron chi connectivity index (χ0n) is 12.9. The van der Waals surface area contributed by atoms with Gasteiger partial charge in [-0.15, -0.1) is 10.2 Å². The molecular formula is C18H14N4O2. The molecule has 2 aromatic carbocycles. The highest BCUT2D eigenvalue weighted by atomic mass is 16.4. The van der Waals surface area contributed by atoms with Crippen LogP contribution < -0.4 is 5.73 Å². The largest absolute Gasteiger partial charge is 0.420 e. The third kappa shape index (κ3) is 2.54. The Hall–Kier alpha value is -3.41. The van der Waals surface area contributed by atoms with E-state index < -0.39 is 0 Å². The van der Waals surface area contributed by atoms with E-state index in [2.05, 4.69) is 15.2 Å². The third-order valence-electron chi connectivity index (χ3n) is 3.60. The molecule has 6 nitrogen and oxygen atoms in total. The first-order valence-corrected chi connectivity index (χ1v) is 7.43. The lowest BCUT2D eigenvalue weighted by Gasteiger charge is -1.95. The van der Waals surface area contributed by atoms with E-state index in [4.69, 9.17) is 14.6 Å². The summed E-state index contributed by atoms with van der Waals surface area (Å²) in [4.78, 5) is 4.40. The fourth-order valence-corrected chi connectivity index (χ4v) is 2.32. The molecule has 0 radical (unpaired) electrons. The SMILES string of the molecule is Cc1ccc(-c2nc(-c3nnc(-c4ccccc4)o3)c(N)o2)cc1. The lowest BCUT2D eigenvalue weighted by molar-refractivity contribution is 0.579. The molecule has 0 saturated carbocycles. The highest BCUT2D eigenvalue weighted by Gasteiger charge is 2.20. The molecule has 0 amide bonds. The molecule has 2 aromatic heterocycles. The molecule has 2 heterocycles. The zero-order valence-corrected chi connectivity index (χ0v) is 12.9. The molecule has 2 N–H and O–H groups in total. The first kappa shape index (κ1) is 14.2. The van der Waals surface area contributed by atoms with Gasteiger partial charge in [-0.25, -0.2) is 4.98 Å². The Morgan fingerprint density at radius 3 is 2.17 bits per heavy atom. The molecular weight excluding hydrogens is 304 g/mol. The van der Waals surface area contributed by atoms with Gasteiger partial charge >= 0.3 is 0 Å². The van der Waals surface area contributed by atoms with Crippen LogP contribution in [0.1, 0.15) is 5.56 Å². The number of oxazole rings is 1. The maximum Gasteiger partial charge on any atom is 0.272 e. The molecule has 0 unspecified atom stereocenters. The molecule has 0 aliphatic carbocycles. The van der Waals surface area contributed by atoms with Crippen LogP contribution in [0.5, 0.6) is 0 Å². The quantitative estimate of drug-likeness (QED) is 0.615. The summed E-state index contributed by atoms with van der Waals surface area (Å²) in [6, 6.07) is 17.3. The van der Waals surface area contributed by atoms with E-state index in [0.717, 1.165) is 16.7 Å². The Kier molecular flexibility index (Phi) is 3.35. The van der Waals surface area contributed by atoms with Crippen LogP contribution >= 0.6 is 0 Å². The van der Waals surface area contributed by atoms with Crippen molar-refractivity contribution in [3.8, 4) is 34.5 Å². The van der Waals surface area contributed by atoms with Crippen molar-refractivity contribution in [3.63, 3.8) is 0 Å². The molecule has 0 atom stereocenters. The van der Waals surface area contributed by atoms with Crippen molar-refractivity contribution in [3.05, 3.63) is 60.2 Å². The second-order valence-electron chi connectivity index (χ2n) is 5.38. The van der Waals surface area contributed by atoms with Gasteiger partial charge in [-0.3, -0.25) is 0 Å². The topological polar surface area (TPSA) is 91.0 Å². The minimum atomic E-state index is 0.147. The summed E-state index contributed by atoms with van der Waals surface area (Å²) in [6.07, 6.45) is 0. The molecule has 0 saturated heterocycles. The molecule has 6 heteroatoms. The number of anilines is 1. The zero-order chi connectivity index (χ0) is 16.5. The molecule has 0 spiro atoms. The van der Waals surface area contributed by atoms with Gasteiger partial charge in [-0.2, -0.15) is 0 Å². The minimum Gasteiger partial charge on any atom is -0.420 e. The van der Waals surface area contributed by atoms with Gasteiger partial charge in [0, 0.05) is 11.1 Å². The van der Waals surface area contributed by atoms with E-state index in [9.17, 15) is 0 Å². The summed E-state index contributed by atoms with van der Waals surface area (Å²) < 4.78 is 11.2. The standard InChI is InChI=1S/C18H14N4O2/c1-11-7-9-13(10-8-11)16-20-14(15(19)23-16)18-22-21-17(24-18)12-5-3-2-4-6-12/h2-10H,19H2,1H3. The van der Waals surface area contributed by atoms with E-state index in [0.29, 0.717) is 17.5 Å². The van der Waals surface area contributed by atoms with Crippen molar-refractivity contribution in [2.24, 2.45) is 0 Å². The van der Waals surface area contributed by atoms with E-state index >= 15 is 0 Å². The van der Waals surface area contributed by atoms with Gasteiger partial charge in [0.2, 0.25) is 17.7 Å². The number of aryl methyl sites for hydroxylation is 1. The lowest BCUT2D eigenvalue weighted by Crippen LogP contribution is -1.86. The van der Waals surface area contributed by atoms with Crippen LogP contribution in [0.15, 0.2) is 63.4 Å². The van der Waals surface area contributed by atoms with Gasteiger partial charge in [-0.1, -0.05) is 35.9 Å². The van der Waals surface area contributed by atoms with Crippen molar-refractivity contribution < 1.29 is 8.83 Å². The second kappa shape index (κ2) is 5.66. The Morgan fingerprint density at radius 2 is 1.42 bits per heavy atom. The number of rotatable bonds is 3. The number of nitrogens with two attached hydrogens (primary N) is 1. The summed E-state index contributed by atoms with van der Waals surface area (Å²) in [5.41, 5.74) is 9.10. The fraction of sp³-hybridized carbons (Fsp3) is 0.0556. The molecule has 24 heavy (non-hydrogen) atoms. The predicted molar refractivity (Wildman–Crippen MR) is 89.8 cm³/mol. The number of aromatic nitrogens is 3. The van der Waals surface area contributed by atoms with Crippen molar-refractivity contribution in [1.29, 1.82) is 0 Å². The molecule has 0 aliphatic rings. The monoisotopic (exact) mass is 318 g/mol. The average molecular weight is 318 g/mol. The number of nitrogens with zero attached hydrogens (tertiary/aromatic N) is 3. The van der Waals surface area contributed by atoms with Gasteiger partial charge in [0.25, 0.3) is 5.89 Å². The van der Waals surface area contributed by atoms with Crippen LogP contribution in [-0.2, 0) is 0 Å². The first-order valence-electron chi connectivity index (χ1n) is 7.43. The minimum absolute atomic E-state index is 0.147. The van der Waals surface area contributed by atoms with E-state index in [1.807, 2.05) is 61.5 Å². The van der Waals surface area contributed by atoms with Crippen molar-refractivity contribution in [2.45, 2.75) is 6.92 Å². The Bertz CT molecular complexity index is 972. The summed E-state index contributed by atoms with van der Waals surface area (Å²) >= 11 is 0. The molecule has 0 fully saturated rings. The van der Waals surface area contributed by atoms with Crippen LogP contribution in [0.4, 0.5) is 5.88 Å². The van der Waals surface area contributed by atoms with E-state index in [-0.39, 0.29) is 11.8 Å². The third-order valence-corrected chi connectivity index (χ3v) is 3.60. The van der Waals surface area contributed by atoms with Crippen molar-refractivity contribution in [2.75, 3.05) is 5.73 Å². The van der Waals surface area contributed by atoms with E-state index in [1.165, 1.54) is 0 Å².